The van der Waals surface area contributed by atoms with Crippen molar-refractivity contribution in [3.05, 3.63) is 57.0 Å². The van der Waals surface area contributed by atoms with Crippen molar-refractivity contribution in [2.45, 2.75) is 46.0 Å². The number of nitrogens with one attached hydrogen (secondary N) is 1. The second-order valence-electron chi connectivity index (χ2n) is 7.56. The molecule has 1 unspecified atom stereocenters. The molecule has 170 valence electrons. The molecule has 1 aromatic heterocycles. The molecule has 0 aliphatic heterocycles. The van der Waals surface area contributed by atoms with Crippen LogP contribution in [-0.4, -0.2) is 28.2 Å². The van der Waals surface area contributed by atoms with Gasteiger partial charge in [-0.2, -0.15) is 13.2 Å². The van der Waals surface area contributed by atoms with Crippen LogP contribution in [0.1, 0.15) is 43.1 Å². The zero-order chi connectivity index (χ0) is 23.3. The lowest BCUT2D eigenvalue weighted by Gasteiger charge is -2.18. The first kappa shape index (κ1) is 24.6. The van der Waals surface area contributed by atoms with Crippen LogP contribution in [0, 0.1) is 5.92 Å². The van der Waals surface area contributed by atoms with Crippen LogP contribution in [0.3, 0.4) is 0 Å². The van der Waals surface area contributed by atoms with E-state index in [1.54, 1.807) is 6.92 Å². The molecule has 1 heterocycles. The van der Waals surface area contributed by atoms with Gasteiger partial charge in [0.2, 0.25) is 0 Å². The Hall–Kier alpha value is -2.68. The molecule has 0 radical (unpaired) electrons. The smallest absolute Gasteiger partial charge is 0.420 e. The number of ether oxygens (including phenoxy) is 1. The molecular formula is C21H24ClF3N2O4. The first-order valence-corrected chi connectivity index (χ1v) is 10.0. The van der Waals surface area contributed by atoms with Gasteiger partial charge in [0.05, 0.1) is 22.8 Å². The van der Waals surface area contributed by atoms with Crippen molar-refractivity contribution in [3.63, 3.8) is 0 Å². The summed E-state index contributed by atoms with van der Waals surface area (Å²) < 4.78 is 45.8. The molecule has 10 heteroatoms. The fourth-order valence-electron chi connectivity index (χ4n) is 2.87. The van der Waals surface area contributed by atoms with Gasteiger partial charge in [-0.25, -0.2) is 0 Å². The van der Waals surface area contributed by atoms with Crippen molar-refractivity contribution in [1.82, 2.24) is 9.88 Å². The topological polar surface area (TPSA) is 80.6 Å². The minimum atomic E-state index is -4.62. The Balaban J connectivity index is 2.00. The van der Waals surface area contributed by atoms with E-state index in [9.17, 15) is 27.9 Å². The maximum absolute atomic E-state index is 13.1. The van der Waals surface area contributed by atoms with E-state index in [1.807, 2.05) is 13.8 Å². The van der Waals surface area contributed by atoms with Gasteiger partial charge in [-0.15, -0.1) is 0 Å². The SMILES string of the molecule is CC(C)Cn1ccc(C(=O)NC(C)CCOc2c(Cl)cccc2C(F)(F)F)c(O)c1=O. The predicted octanol–water partition coefficient (Wildman–Crippen LogP) is 4.47. The third-order valence-corrected chi connectivity index (χ3v) is 4.69. The van der Waals surface area contributed by atoms with E-state index in [0.717, 1.165) is 6.07 Å². The molecule has 0 spiro atoms. The number of carbonyl (C=O) groups excluding carboxylic acids is 1. The van der Waals surface area contributed by atoms with Crippen molar-refractivity contribution in [3.8, 4) is 11.5 Å². The van der Waals surface area contributed by atoms with Gasteiger partial charge in [0.1, 0.15) is 5.75 Å². The van der Waals surface area contributed by atoms with E-state index in [1.165, 1.54) is 29.0 Å². The largest absolute Gasteiger partial charge is 0.502 e. The Morgan fingerprint density at radius 3 is 2.55 bits per heavy atom. The molecule has 2 rings (SSSR count). The maximum atomic E-state index is 13.1. The highest BCUT2D eigenvalue weighted by molar-refractivity contribution is 6.32. The number of amides is 1. The van der Waals surface area contributed by atoms with Crippen molar-refractivity contribution in [1.29, 1.82) is 0 Å². The number of carbonyl (C=O) groups is 1. The molecule has 1 amide bonds. The lowest BCUT2D eigenvalue weighted by atomic mass is 10.1. The maximum Gasteiger partial charge on any atom is 0.420 e. The van der Waals surface area contributed by atoms with Crippen molar-refractivity contribution >= 4 is 17.5 Å². The van der Waals surface area contributed by atoms with Gasteiger partial charge in [-0.1, -0.05) is 31.5 Å². The zero-order valence-corrected chi connectivity index (χ0v) is 18.0. The first-order chi connectivity index (χ1) is 14.4. The molecule has 0 saturated carbocycles. The first-order valence-electron chi connectivity index (χ1n) is 9.63. The van der Waals surface area contributed by atoms with Crippen LogP contribution in [0.5, 0.6) is 11.5 Å². The molecule has 2 N–H and O–H groups in total. The van der Waals surface area contributed by atoms with Gasteiger partial charge in [0.25, 0.3) is 11.5 Å². The third-order valence-electron chi connectivity index (χ3n) is 4.39. The van der Waals surface area contributed by atoms with Crippen LogP contribution in [0.2, 0.25) is 5.02 Å². The van der Waals surface area contributed by atoms with Crippen LogP contribution in [0.4, 0.5) is 13.2 Å². The number of benzene rings is 1. The summed E-state index contributed by atoms with van der Waals surface area (Å²) in [5, 5.41) is 12.5. The number of pyridine rings is 1. The highest BCUT2D eigenvalue weighted by Crippen LogP contribution is 2.40. The molecule has 0 fully saturated rings. The van der Waals surface area contributed by atoms with Crippen LogP contribution >= 0.6 is 11.6 Å². The number of hydrogen-bond donors (Lipinski definition) is 2. The van der Waals surface area contributed by atoms with E-state index in [-0.39, 0.29) is 29.5 Å². The molecule has 0 saturated heterocycles. The molecule has 31 heavy (non-hydrogen) atoms. The number of nitrogens with zero attached hydrogens (tertiary/aromatic N) is 1. The molecule has 0 aliphatic carbocycles. The van der Waals surface area contributed by atoms with Crippen molar-refractivity contribution in [2.24, 2.45) is 5.92 Å². The summed E-state index contributed by atoms with van der Waals surface area (Å²) in [6.07, 6.45) is -3.02. The van der Waals surface area contributed by atoms with Crippen LogP contribution < -0.4 is 15.6 Å². The Morgan fingerprint density at radius 1 is 1.26 bits per heavy atom. The second-order valence-corrected chi connectivity index (χ2v) is 7.96. The number of para-hydroxylation sites is 1. The zero-order valence-electron chi connectivity index (χ0n) is 17.3. The number of rotatable bonds is 8. The van der Waals surface area contributed by atoms with Crippen molar-refractivity contribution in [2.75, 3.05) is 6.61 Å². The lowest BCUT2D eigenvalue weighted by molar-refractivity contribution is -0.138. The van der Waals surface area contributed by atoms with Gasteiger partial charge < -0.3 is 19.7 Å². The standard InChI is InChI=1S/C21H24ClF3N2O4/c1-12(2)11-27-9-7-14(17(28)20(27)30)19(29)26-13(3)8-10-31-18-15(21(23,24)25)5-4-6-16(18)22/h4-7,9,12-13,28H,8,10-11H2,1-3H3,(H,26,29). The number of aromatic nitrogens is 1. The Kier molecular flexibility index (Phi) is 8.00. The summed E-state index contributed by atoms with van der Waals surface area (Å²) in [6, 6.07) is 4.18. The van der Waals surface area contributed by atoms with Crippen LogP contribution in [0.25, 0.3) is 0 Å². The number of aromatic hydroxyl groups is 1. The third kappa shape index (κ3) is 6.40. The summed E-state index contributed by atoms with van der Waals surface area (Å²) in [5.74, 6) is -1.63. The van der Waals surface area contributed by atoms with E-state index in [2.05, 4.69) is 5.32 Å². The summed E-state index contributed by atoms with van der Waals surface area (Å²) >= 11 is 5.84. The molecule has 0 aliphatic rings. The molecule has 6 nitrogen and oxygen atoms in total. The average Bonchev–Trinajstić information content (AvgIpc) is 2.65. The summed E-state index contributed by atoms with van der Waals surface area (Å²) in [7, 11) is 0. The molecular weight excluding hydrogens is 437 g/mol. The Bertz CT molecular complexity index is 990. The van der Waals surface area contributed by atoms with Gasteiger partial charge in [0, 0.05) is 25.2 Å². The average molecular weight is 461 g/mol. The van der Waals surface area contributed by atoms with Gasteiger partial charge in [0.15, 0.2) is 5.75 Å². The molecule has 0 bridgehead atoms. The summed E-state index contributed by atoms with van der Waals surface area (Å²) in [5.41, 5.74) is -1.83. The Morgan fingerprint density at radius 2 is 1.94 bits per heavy atom. The van der Waals surface area contributed by atoms with Gasteiger partial charge in [-0.05, 0) is 31.0 Å². The highest BCUT2D eigenvalue weighted by Gasteiger charge is 2.35. The molecule has 1 aromatic carbocycles. The van der Waals surface area contributed by atoms with Crippen molar-refractivity contribution < 1.29 is 27.8 Å². The Labute approximate surface area is 182 Å². The number of halogens is 4. The lowest BCUT2D eigenvalue weighted by Crippen LogP contribution is -2.35. The molecule has 2 aromatic rings. The normalized spacial score (nSPS) is 12.6. The minimum absolute atomic E-state index is 0.143. The van der Waals surface area contributed by atoms with Crippen LogP contribution in [0.15, 0.2) is 35.3 Å². The van der Waals surface area contributed by atoms with Crippen LogP contribution in [-0.2, 0) is 12.7 Å². The highest BCUT2D eigenvalue weighted by atomic mass is 35.5. The number of alkyl halides is 3. The monoisotopic (exact) mass is 460 g/mol. The summed E-state index contributed by atoms with van der Waals surface area (Å²) in [4.78, 5) is 24.6. The van der Waals surface area contributed by atoms with E-state index < -0.39 is 40.7 Å². The second kappa shape index (κ2) is 10.1. The minimum Gasteiger partial charge on any atom is -0.502 e. The summed E-state index contributed by atoms with van der Waals surface area (Å²) in [6.45, 7) is 5.69. The number of hydrogen-bond acceptors (Lipinski definition) is 4. The van der Waals surface area contributed by atoms with E-state index in [4.69, 9.17) is 16.3 Å². The van der Waals surface area contributed by atoms with Gasteiger partial charge in [-0.3, -0.25) is 9.59 Å². The van der Waals surface area contributed by atoms with E-state index in [0.29, 0.717) is 6.54 Å². The quantitative estimate of drug-likeness (QED) is 0.609. The van der Waals surface area contributed by atoms with E-state index >= 15 is 0 Å². The predicted molar refractivity (Wildman–Crippen MR) is 111 cm³/mol. The molecule has 1 atom stereocenters. The fourth-order valence-corrected chi connectivity index (χ4v) is 3.10. The van der Waals surface area contributed by atoms with Gasteiger partial charge >= 0.3 is 6.18 Å². The fraction of sp³-hybridized carbons (Fsp3) is 0.429.